The summed E-state index contributed by atoms with van der Waals surface area (Å²) in [6.45, 7) is 0. The third-order valence-electron chi connectivity index (χ3n) is 2.34. The average Bonchev–Trinajstić information content (AvgIpc) is 2.54. The molecule has 0 radical (unpaired) electrons. The normalized spacial score (nSPS) is 14.7. The number of rotatable bonds is 1. The summed E-state index contributed by atoms with van der Waals surface area (Å²) >= 11 is 0. The summed E-state index contributed by atoms with van der Waals surface area (Å²) in [6, 6.07) is 0. The molecule has 2 rings (SSSR count). The zero-order valence-electron chi connectivity index (χ0n) is 13.8. The van der Waals surface area contributed by atoms with Crippen LogP contribution in [-0.2, 0) is 62.4 Å². The van der Waals surface area contributed by atoms with E-state index in [1.807, 2.05) is 24.3 Å². The molecule has 0 saturated heterocycles. The fourth-order valence-corrected chi connectivity index (χ4v) is 1.16. The topological polar surface area (TPSA) is 114 Å². The van der Waals surface area contributed by atoms with Gasteiger partial charge in [-0.3, -0.25) is 0 Å². The van der Waals surface area contributed by atoms with Gasteiger partial charge in [0.25, 0.3) is 0 Å². The largest absolute Gasteiger partial charge is 0.741 e. The molecule has 16 heteroatoms. The van der Waals surface area contributed by atoms with Gasteiger partial charge in [-0.05, 0) is 0 Å². The quantitative estimate of drug-likeness (QED) is 0.132. The molecule has 2 aliphatic rings. The molecule has 0 atom stereocenters. The van der Waals surface area contributed by atoms with Crippen LogP contribution in [0.1, 0.15) is 0 Å². The van der Waals surface area contributed by atoms with Crippen LogP contribution in [0.15, 0.2) is 59.4 Å². The number of halogens is 6. The molecule has 0 saturated carbocycles. The van der Waals surface area contributed by atoms with Gasteiger partial charge < -0.3 is 9.11 Å². The molecule has 0 aromatic carbocycles. The molecule has 6 nitrogen and oxygen atoms in total. The molecule has 0 aliphatic heterocycles. The van der Waals surface area contributed by atoms with Gasteiger partial charge >= 0.3 is 11.0 Å². The average molecular weight is 840 g/mol. The number of alkyl halides is 6. The van der Waals surface area contributed by atoms with Gasteiger partial charge in [-0.1, -0.05) is 0 Å². The van der Waals surface area contributed by atoms with Crippen LogP contribution in [0.5, 0.6) is 0 Å². The molecule has 0 unspecified atom stereocenters. The van der Waals surface area contributed by atoms with Crippen molar-refractivity contribution in [1.29, 1.82) is 0 Å². The first-order chi connectivity index (χ1) is 12.5. The Labute approximate surface area is 196 Å². The Balaban J connectivity index is -0.000000367. The summed E-state index contributed by atoms with van der Waals surface area (Å²) in [5, 5.41) is 0. The first-order valence-electron chi connectivity index (χ1n) is 6.43. The first kappa shape index (κ1) is 33.7. The zero-order valence-corrected chi connectivity index (χ0v) is 20.0. The summed E-state index contributed by atoms with van der Waals surface area (Å²) < 4.78 is 118. The Bertz CT molecular complexity index is 910. The molecule has 0 N–H and O–H groups in total. The van der Waals surface area contributed by atoms with E-state index in [-0.39, 0.29) is 42.1 Å². The Morgan fingerprint density at radius 2 is 1.33 bits per heavy atom. The second kappa shape index (κ2) is 13.4. The standard InChI is InChI=1S/C12H8.2CHF3O3S.2Pt/c1-3-7-11(8-4-1)12-9-5-2-6-10-12;2*2-1(3,4)8(5,6)7;;/h3-10H;2*(H,5,6,7);;/p-2. The van der Waals surface area contributed by atoms with Crippen LogP contribution in [-0.4, -0.2) is 37.0 Å². The van der Waals surface area contributed by atoms with E-state index in [0.29, 0.717) is 0 Å². The monoisotopic (exact) mass is 840 g/mol. The van der Waals surface area contributed by atoms with Crippen LogP contribution in [0.3, 0.4) is 0 Å². The predicted octanol–water partition coefficient (Wildman–Crippen LogP) is 2.80. The van der Waals surface area contributed by atoms with Gasteiger partial charge in [-0.15, -0.1) is 30.2 Å². The smallest absolute Gasteiger partial charge is 0.485 e. The van der Waals surface area contributed by atoms with Crippen LogP contribution in [0.25, 0.3) is 0 Å². The molecule has 30 heavy (non-hydrogen) atoms. The summed E-state index contributed by atoms with van der Waals surface area (Å²) in [4.78, 5) is 0. The van der Waals surface area contributed by atoms with Crippen LogP contribution >= 0.6 is 0 Å². The van der Waals surface area contributed by atoms with Gasteiger partial charge in [-0.25, -0.2) is 22.6 Å². The second-order valence-corrected chi connectivity index (χ2v) is 7.12. The van der Waals surface area contributed by atoms with Gasteiger partial charge in [-0.2, -0.15) is 26.3 Å². The molecule has 0 aromatic heterocycles. The van der Waals surface area contributed by atoms with Gasteiger partial charge in [0.15, 0.2) is 20.2 Å². The molecule has 0 bridgehead atoms. The minimum absolute atomic E-state index is 0. The molecule has 0 aromatic rings. The maximum atomic E-state index is 10.7. The van der Waals surface area contributed by atoms with Crippen molar-refractivity contribution in [2.45, 2.75) is 11.0 Å². The van der Waals surface area contributed by atoms with E-state index >= 15 is 0 Å². The summed E-state index contributed by atoms with van der Waals surface area (Å²) in [5.41, 5.74) is -5.85. The minimum atomic E-state index is -6.09. The fraction of sp³-hybridized carbons (Fsp3) is 0.143. The van der Waals surface area contributed by atoms with Crippen molar-refractivity contribution in [2.24, 2.45) is 0 Å². The van der Waals surface area contributed by atoms with Crippen molar-refractivity contribution < 1.29 is 94.4 Å². The maximum absolute atomic E-state index is 10.7. The van der Waals surface area contributed by atoms with Crippen LogP contribution in [0.2, 0.25) is 0 Å². The van der Waals surface area contributed by atoms with Crippen LogP contribution in [0.4, 0.5) is 26.3 Å². The van der Waals surface area contributed by atoms with Crippen molar-refractivity contribution >= 4 is 20.2 Å². The van der Waals surface area contributed by atoms with E-state index in [9.17, 15) is 26.3 Å². The van der Waals surface area contributed by atoms with Crippen molar-refractivity contribution in [3.05, 3.63) is 71.9 Å². The van der Waals surface area contributed by atoms with E-state index in [0.717, 1.165) is 0 Å². The third kappa shape index (κ3) is 13.4. The molecular weight excluding hydrogens is 832 g/mol. The number of allylic oxidation sites excluding steroid dienone is 9. The van der Waals surface area contributed by atoms with Crippen LogP contribution in [0, 0.1) is 12.5 Å². The SMILES string of the molecule is C1=CC=C(C2=CC=[C+]C=C2)[CH-]C=1.O=S(=O)([O-])C(F)(F)F.O=S(=O)([O-])C(F)(F)F.[Pt].[Pt]. The predicted molar refractivity (Wildman–Crippen MR) is 81.6 cm³/mol. The maximum Gasteiger partial charge on any atom is 0.485 e. The Hall–Kier alpha value is -0.963. The van der Waals surface area contributed by atoms with Crippen molar-refractivity contribution in [1.82, 2.24) is 0 Å². The summed E-state index contributed by atoms with van der Waals surface area (Å²) in [5.74, 6) is 0. The van der Waals surface area contributed by atoms with Gasteiger partial charge in [0, 0.05) is 65.9 Å². The summed E-state index contributed by atoms with van der Waals surface area (Å²) in [7, 11) is -12.2. The van der Waals surface area contributed by atoms with Crippen molar-refractivity contribution in [3.8, 4) is 0 Å². The van der Waals surface area contributed by atoms with Gasteiger partial charge in [0.05, 0.1) is 12.2 Å². The Morgan fingerprint density at radius 3 is 1.60 bits per heavy atom. The van der Waals surface area contributed by atoms with Crippen molar-refractivity contribution in [3.63, 3.8) is 0 Å². The van der Waals surface area contributed by atoms with E-state index in [4.69, 9.17) is 25.9 Å². The zero-order chi connectivity index (χ0) is 22.2. The molecule has 176 valence electrons. The molecule has 0 heterocycles. The minimum Gasteiger partial charge on any atom is -0.741 e. The van der Waals surface area contributed by atoms with E-state index in [1.165, 1.54) is 11.1 Å². The Kier molecular flexibility index (Phi) is 15.1. The second-order valence-electron chi connectivity index (χ2n) is 4.38. The molecule has 2 aliphatic carbocycles. The van der Waals surface area contributed by atoms with E-state index in [2.05, 4.69) is 36.5 Å². The number of hydrogen-bond donors (Lipinski definition) is 0. The first-order valence-corrected chi connectivity index (χ1v) is 9.25. The van der Waals surface area contributed by atoms with E-state index in [1.54, 1.807) is 0 Å². The molecule has 0 fully saturated rings. The fourth-order valence-electron chi connectivity index (χ4n) is 1.16. The van der Waals surface area contributed by atoms with Crippen molar-refractivity contribution in [2.75, 3.05) is 0 Å². The van der Waals surface area contributed by atoms with Gasteiger partial charge in [0.2, 0.25) is 0 Å². The van der Waals surface area contributed by atoms with E-state index < -0.39 is 31.3 Å². The van der Waals surface area contributed by atoms with Crippen LogP contribution < -0.4 is 0 Å². The summed E-state index contributed by atoms with van der Waals surface area (Å²) in [6.07, 6.45) is 18.9. The Morgan fingerprint density at radius 1 is 0.900 bits per heavy atom. The molecule has 0 amide bonds. The molecule has 0 spiro atoms. The van der Waals surface area contributed by atoms with Gasteiger partial charge in [0.1, 0.15) is 0 Å². The molecular formula is C14H8F6O6Pt2S2-2. The number of hydrogen-bond acceptors (Lipinski definition) is 6. The third-order valence-corrected chi connectivity index (χ3v) is 3.47.